The molecule has 0 spiro atoms. The van der Waals surface area contributed by atoms with Crippen LogP contribution in [0.15, 0.2) is 26.7 Å². The van der Waals surface area contributed by atoms with E-state index in [9.17, 15) is 4.79 Å². The van der Waals surface area contributed by atoms with Crippen molar-refractivity contribution in [3.05, 3.63) is 32.7 Å². The van der Waals surface area contributed by atoms with Crippen LogP contribution in [-0.2, 0) is 0 Å². The number of oxime groups is 1. The molecule has 0 unspecified atom stereocenters. The van der Waals surface area contributed by atoms with Crippen LogP contribution >= 0.6 is 15.9 Å². The summed E-state index contributed by atoms with van der Waals surface area (Å²) in [5, 5.41) is 11.0. The summed E-state index contributed by atoms with van der Waals surface area (Å²) in [6.45, 7) is 0. The molecule has 0 aromatic carbocycles. The van der Waals surface area contributed by atoms with E-state index in [4.69, 9.17) is 10.9 Å². The zero-order valence-electron chi connectivity index (χ0n) is 5.91. The smallest absolute Gasteiger partial charge is 0.259 e. The molecule has 0 fully saturated rings. The highest BCUT2D eigenvalue weighted by molar-refractivity contribution is 9.10. The second-order valence-corrected chi connectivity index (χ2v) is 2.96. The van der Waals surface area contributed by atoms with Gasteiger partial charge in [0.15, 0.2) is 5.84 Å². The maximum absolute atomic E-state index is 11.0. The van der Waals surface area contributed by atoms with E-state index < -0.39 is 5.56 Å². The van der Waals surface area contributed by atoms with Gasteiger partial charge in [0.1, 0.15) is 0 Å². The van der Waals surface area contributed by atoms with Crippen LogP contribution in [0.3, 0.4) is 0 Å². The van der Waals surface area contributed by atoms with Crippen molar-refractivity contribution < 1.29 is 5.21 Å². The quantitative estimate of drug-likeness (QED) is 0.280. The lowest BCUT2D eigenvalue weighted by molar-refractivity contribution is 0.318. The third kappa shape index (κ3) is 1.65. The van der Waals surface area contributed by atoms with Crippen molar-refractivity contribution in [1.29, 1.82) is 0 Å². The third-order valence-electron chi connectivity index (χ3n) is 1.25. The van der Waals surface area contributed by atoms with Gasteiger partial charge in [-0.1, -0.05) is 5.16 Å². The Morgan fingerprint density at radius 2 is 2.42 bits per heavy atom. The zero-order valence-corrected chi connectivity index (χ0v) is 7.50. The number of aromatic amines is 1. The molecule has 64 valence electrons. The Morgan fingerprint density at radius 1 is 1.75 bits per heavy atom. The van der Waals surface area contributed by atoms with Crippen LogP contribution in [-0.4, -0.2) is 16.0 Å². The van der Waals surface area contributed by atoms with Gasteiger partial charge in [0.2, 0.25) is 0 Å². The number of halogens is 1. The molecule has 0 saturated heterocycles. The molecule has 1 rings (SSSR count). The normalized spacial score (nSPS) is 11.6. The Morgan fingerprint density at radius 3 is 3.00 bits per heavy atom. The van der Waals surface area contributed by atoms with Crippen molar-refractivity contribution in [3.8, 4) is 0 Å². The SMILES string of the molecule is N/C(=N\O)c1cc(Br)c[nH]c1=O. The molecule has 0 aliphatic heterocycles. The number of rotatable bonds is 1. The van der Waals surface area contributed by atoms with E-state index in [1.165, 1.54) is 12.3 Å². The molecule has 0 amide bonds. The van der Waals surface area contributed by atoms with Gasteiger partial charge in [-0.15, -0.1) is 0 Å². The fourth-order valence-electron chi connectivity index (χ4n) is 0.701. The number of nitrogens with two attached hydrogens (primary N) is 1. The highest BCUT2D eigenvalue weighted by atomic mass is 79.9. The molecule has 0 aliphatic carbocycles. The van der Waals surface area contributed by atoms with Gasteiger partial charge in [-0.2, -0.15) is 0 Å². The summed E-state index contributed by atoms with van der Waals surface area (Å²) in [6, 6.07) is 1.47. The average Bonchev–Trinajstić information content (AvgIpc) is 2.08. The molecule has 4 N–H and O–H groups in total. The van der Waals surface area contributed by atoms with Crippen LogP contribution in [0.2, 0.25) is 0 Å². The lowest BCUT2D eigenvalue weighted by Crippen LogP contribution is -2.24. The van der Waals surface area contributed by atoms with Crippen LogP contribution in [0.25, 0.3) is 0 Å². The maximum Gasteiger partial charge on any atom is 0.259 e. The minimum Gasteiger partial charge on any atom is -0.409 e. The first-order valence-corrected chi connectivity index (χ1v) is 3.80. The van der Waals surface area contributed by atoms with Crippen LogP contribution in [0, 0.1) is 0 Å². The van der Waals surface area contributed by atoms with E-state index in [2.05, 4.69) is 26.1 Å². The summed E-state index contributed by atoms with van der Waals surface area (Å²) in [5.74, 6) is -0.211. The van der Waals surface area contributed by atoms with Gasteiger partial charge < -0.3 is 15.9 Å². The van der Waals surface area contributed by atoms with E-state index in [0.29, 0.717) is 4.47 Å². The second-order valence-electron chi connectivity index (χ2n) is 2.05. The van der Waals surface area contributed by atoms with E-state index in [1.807, 2.05) is 0 Å². The molecule has 5 nitrogen and oxygen atoms in total. The molecule has 0 atom stereocenters. The van der Waals surface area contributed by atoms with Gasteiger partial charge in [-0.3, -0.25) is 4.79 Å². The topological polar surface area (TPSA) is 91.5 Å². The number of nitrogens with one attached hydrogen (secondary N) is 1. The number of pyridine rings is 1. The number of hydrogen-bond donors (Lipinski definition) is 3. The van der Waals surface area contributed by atoms with Crippen LogP contribution < -0.4 is 11.3 Å². The molecule has 1 heterocycles. The molecule has 6 heteroatoms. The zero-order chi connectivity index (χ0) is 9.14. The summed E-state index contributed by atoms with van der Waals surface area (Å²) in [4.78, 5) is 13.4. The van der Waals surface area contributed by atoms with Crippen molar-refractivity contribution in [2.45, 2.75) is 0 Å². The Balaban J connectivity index is 3.33. The molecule has 1 aromatic rings. The fraction of sp³-hybridized carbons (Fsp3) is 0. The minimum atomic E-state index is -0.395. The van der Waals surface area contributed by atoms with Crippen LogP contribution in [0.5, 0.6) is 0 Å². The van der Waals surface area contributed by atoms with E-state index in [-0.39, 0.29) is 11.4 Å². The molecular formula is C6H6BrN3O2. The van der Waals surface area contributed by atoms with Crippen molar-refractivity contribution in [3.63, 3.8) is 0 Å². The molecule has 1 aromatic heterocycles. The summed E-state index contributed by atoms with van der Waals surface area (Å²) in [6.07, 6.45) is 1.47. The molecule has 0 aliphatic rings. The first-order valence-electron chi connectivity index (χ1n) is 3.01. The number of H-pyrrole nitrogens is 1. The Labute approximate surface area is 76.0 Å². The Hall–Kier alpha value is -1.30. The van der Waals surface area contributed by atoms with Gasteiger partial charge in [0.05, 0.1) is 5.56 Å². The number of amidine groups is 1. The Kier molecular flexibility index (Phi) is 2.49. The van der Waals surface area contributed by atoms with E-state index in [0.717, 1.165) is 0 Å². The average molecular weight is 232 g/mol. The van der Waals surface area contributed by atoms with Crippen molar-refractivity contribution >= 4 is 21.8 Å². The number of nitrogens with zero attached hydrogens (tertiary/aromatic N) is 1. The predicted molar refractivity (Wildman–Crippen MR) is 47.3 cm³/mol. The van der Waals surface area contributed by atoms with Gasteiger partial charge in [0.25, 0.3) is 5.56 Å². The first-order chi connectivity index (χ1) is 5.65. The molecule has 12 heavy (non-hydrogen) atoms. The summed E-state index contributed by atoms with van der Waals surface area (Å²) in [7, 11) is 0. The largest absolute Gasteiger partial charge is 0.409 e. The van der Waals surface area contributed by atoms with Crippen molar-refractivity contribution in [2.75, 3.05) is 0 Å². The monoisotopic (exact) mass is 231 g/mol. The minimum absolute atomic E-state index is 0.131. The van der Waals surface area contributed by atoms with Gasteiger partial charge >= 0.3 is 0 Å². The van der Waals surface area contributed by atoms with Gasteiger partial charge in [0, 0.05) is 10.7 Å². The standard InChI is InChI=1S/C6H6BrN3O2/c7-3-1-4(5(8)10-12)6(11)9-2-3/h1-2,12H,(H2,8,10)(H,9,11). The van der Waals surface area contributed by atoms with Crippen molar-refractivity contribution in [1.82, 2.24) is 4.98 Å². The molecule has 0 saturated carbocycles. The van der Waals surface area contributed by atoms with Crippen LogP contribution in [0.1, 0.15) is 5.56 Å². The highest BCUT2D eigenvalue weighted by Gasteiger charge is 2.04. The lowest BCUT2D eigenvalue weighted by atomic mass is 10.3. The predicted octanol–water partition coefficient (Wildman–Crippen LogP) is 0.232. The van der Waals surface area contributed by atoms with Gasteiger partial charge in [-0.25, -0.2) is 0 Å². The Bertz CT molecular complexity index is 371. The number of aromatic nitrogens is 1. The van der Waals surface area contributed by atoms with E-state index >= 15 is 0 Å². The second kappa shape index (κ2) is 3.40. The first kappa shape index (κ1) is 8.79. The van der Waals surface area contributed by atoms with E-state index in [1.54, 1.807) is 0 Å². The van der Waals surface area contributed by atoms with Crippen LogP contribution in [0.4, 0.5) is 0 Å². The summed E-state index contributed by atoms with van der Waals surface area (Å²) < 4.78 is 0.656. The van der Waals surface area contributed by atoms with Gasteiger partial charge in [-0.05, 0) is 22.0 Å². The number of hydrogen-bond acceptors (Lipinski definition) is 3. The third-order valence-corrected chi connectivity index (χ3v) is 1.71. The summed E-state index contributed by atoms with van der Waals surface area (Å²) >= 11 is 3.13. The summed E-state index contributed by atoms with van der Waals surface area (Å²) in [5.41, 5.74) is 4.96. The molecular weight excluding hydrogens is 226 g/mol. The lowest BCUT2D eigenvalue weighted by Gasteiger charge is -1.96. The highest BCUT2D eigenvalue weighted by Crippen LogP contribution is 2.05. The molecule has 0 radical (unpaired) electrons. The molecule has 0 bridgehead atoms. The fourth-order valence-corrected chi connectivity index (χ4v) is 1.04. The van der Waals surface area contributed by atoms with Crippen molar-refractivity contribution in [2.24, 2.45) is 10.9 Å². The maximum atomic E-state index is 11.0.